The van der Waals surface area contributed by atoms with Crippen LogP contribution in [0, 0.1) is 0 Å². The first kappa shape index (κ1) is 23.7. The van der Waals surface area contributed by atoms with Crippen LogP contribution in [0.15, 0.2) is 55.1 Å². The minimum atomic E-state index is -0.439. The maximum Gasteiger partial charge on any atom is 0.151 e. The lowest BCUT2D eigenvalue weighted by atomic mass is 9.85. The van der Waals surface area contributed by atoms with E-state index in [1.165, 1.54) is 0 Å². The molecule has 0 spiro atoms. The van der Waals surface area contributed by atoms with Crippen molar-refractivity contribution in [3.8, 4) is 17.1 Å². The number of benzene rings is 1. The van der Waals surface area contributed by atoms with Crippen LogP contribution < -0.4 is 15.4 Å². The van der Waals surface area contributed by atoms with Gasteiger partial charge in [0, 0.05) is 55.2 Å². The van der Waals surface area contributed by atoms with E-state index >= 15 is 0 Å². The number of nitrogens with one attached hydrogen (secondary N) is 1. The maximum atomic E-state index is 6.55. The molecule has 0 aliphatic carbocycles. The van der Waals surface area contributed by atoms with Gasteiger partial charge in [-0.05, 0) is 37.3 Å². The molecule has 1 fully saturated rings. The molecule has 3 N–H and O–H groups in total. The van der Waals surface area contributed by atoms with Gasteiger partial charge in [-0.3, -0.25) is 14.8 Å². The Bertz CT molecular complexity index is 1570. The minimum Gasteiger partial charge on any atom is -0.486 e. The Labute approximate surface area is 222 Å². The Morgan fingerprint density at radius 1 is 1.08 bits per heavy atom. The average molecular weight is 536 g/mol. The molecule has 1 aromatic carbocycles. The molecule has 0 radical (unpaired) electrons. The zero-order valence-electron chi connectivity index (χ0n) is 20.1. The standard InChI is InChI=1S/C25H23Cl2N9O/c1-14(23-18(26)9-29-10-19(23)27)37-16-3-4-20-17(7-16)24(34-31-20)21-5-6-22(33-32-21)36-12-25(28,13-36)15-8-30-35(2)11-15/h3-11,14H,12-13,28H2,1-2H3,(H,31,34)/t14-/m1/s1. The van der Waals surface area contributed by atoms with Crippen molar-refractivity contribution in [1.82, 2.24) is 35.2 Å². The van der Waals surface area contributed by atoms with Crippen LogP contribution in [0.3, 0.4) is 0 Å². The Kier molecular flexibility index (Phi) is 5.74. The van der Waals surface area contributed by atoms with Gasteiger partial charge in [0.05, 0.1) is 27.3 Å². The predicted molar refractivity (Wildman–Crippen MR) is 142 cm³/mol. The molecule has 0 unspecified atom stereocenters. The predicted octanol–water partition coefficient (Wildman–Crippen LogP) is 4.27. The normalized spacial score (nSPS) is 15.5. The Morgan fingerprint density at radius 2 is 1.86 bits per heavy atom. The molecule has 0 saturated carbocycles. The lowest BCUT2D eigenvalue weighted by Gasteiger charge is -2.47. The highest BCUT2D eigenvalue weighted by molar-refractivity contribution is 6.35. The van der Waals surface area contributed by atoms with Crippen molar-refractivity contribution in [3.05, 3.63) is 76.3 Å². The molecule has 188 valence electrons. The summed E-state index contributed by atoms with van der Waals surface area (Å²) >= 11 is 12.6. The number of anilines is 1. The van der Waals surface area contributed by atoms with Crippen molar-refractivity contribution >= 4 is 39.9 Å². The molecule has 4 aromatic heterocycles. The number of fused-ring (bicyclic) bond motifs is 1. The monoisotopic (exact) mass is 535 g/mol. The third-order valence-electron chi connectivity index (χ3n) is 6.59. The molecule has 0 bridgehead atoms. The van der Waals surface area contributed by atoms with Gasteiger partial charge in [0.15, 0.2) is 5.82 Å². The quantitative estimate of drug-likeness (QED) is 0.330. The summed E-state index contributed by atoms with van der Waals surface area (Å²) in [5.74, 6) is 1.41. The van der Waals surface area contributed by atoms with Crippen LogP contribution >= 0.6 is 23.2 Å². The maximum absolute atomic E-state index is 6.55. The van der Waals surface area contributed by atoms with Gasteiger partial charge in [-0.2, -0.15) is 10.2 Å². The van der Waals surface area contributed by atoms with Gasteiger partial charge in [0.2, 0.25) is 0 Å². The second-order valence-electron chi connectivity index (χ2n) is 9.25. The third-order valence-corrected chi connectivity index (χ3v) is 7.19. The van der Waals surface area contributed by atoms with Crippen molar-refractivity contribution < 1.29 is 4.74 Å². The fourth-order valence-electron chi connectivity index (χ4n) is 4.61. The van der Waals surface area contributed by atoms with E-state index in [4.69, 9.17) is 33.7 Å². The van der Waals surface area contributed by atoms with E-state index in [1.54, 1.807) is 17.1 Å². The molecule has 5 heterocycles. The van der Waals surface area contributed by atoms with Gasteiger partial charge in [-0.15, -0.1) is 10.2 Å². The average Bonchev–Trinajstić information content (AvgIpc) is 3.48. The van der Waals surface area contributed by atoms with Crippen molar-refractivity contribution in [2.24, 2.45) is 12.8 Å². The van der Waals surface area contributed by atoms with Crippen LogP contribution in [0.1, 0.15) is 24.2 Å². The highest BCUT2D eigenvalue weighted by Crippen LogP contribution is 2.35. The zero-order valence-corrected chi connectivity index (χ0v) is 21.6. The molecule has 1 saturated heterocycles. The van der Waals surface area contributed by atoms with Crippen LogP contribution in [0.2, 0.25) is 10.0 Å². The van der Waals surface area contributed by atoms with Crippen LogP contribution in [0.5, 0.6) is 5.75 Å². The van der Waals surface area contributed by atoms with Gasteiger partial charge >= 0.3 is 0 Å². The van der Waals surface area contributed by atoms with E-state index in [9.17, 15) is 0 Å². The van der Waals surface area contributed by atoms with Crippen LogP contribution in [-0.4, -0.2) is 48.2 Å². The number of hydrogen-bond acceptors (Lipinski definition) is 8. The van der Waals surface area contributed by atoms with Crippen molar-refractivity contribution in [2.45, 2.75) is 18.6 Å². The fraction of sp³-hybridized carbons (Fsp3) is 0.240. The van der Waals surface area contributed by atoms with E-state index in [0.717, 1.165) is 22.3 Å². The van der Waals surface area contributed by atoms with Gasteiger partial charge < -0.3 is 15.4 Å². The number of pyridine rings is 1. The van der Waals surface area contributed by atoms with E-state index in [1.807, 2.05) is 56.7 Å². The summed E-state index contributed by atoms with van der Waals surface area (Å²) in [6.07, 6.45) is 6.48. The molecule has 1 atom stereocenters. The minimum absolute atomic E-state index is 0.382. The first-order valence-electron chi connectivity index (χ1n) is 11.6. The molecular weight excluding hydrogens is 513 g/mol. The molecular formula is C25H23Cl2N9O. The fourth-order valence-corrected chi connectivity index (χ4v) is 5.28. The molecule has 5 aromatic rings. The number of hydrogen-bond donors (Lipinski definition) is 2. The summed E-state index contributed by atoms with van der Waals surface area (Å²) in [7, 11) is 1.88. The second kappa shape index (κ2) is 8.98. The molecule has 6 rings (SSSR count). The van der Waals surface area contributed by atoms with Gasteiger partial charge in [0.1, 0.15) is 23.2 Å². The summed E-state index contributed by atoms with van der Waals surface area (Å²) in [6.45, 7) is 3.17. The first-order valence-corrected chi connectivity index (χ1v) is 12.4. The van der Waals surface area contributed by atoms with Gasteiger partial charge in [-0.25, -0.2) is 0 Å². The summed E-state index contributed by atoms with van der Waals surface area (Å²) < 4.78 is 7.92. The van der Waals surface area contributed by atoms with Crippen LogP contribution in [0.4, 0.5) is 5.82 Å². The number of H-pyrrole nitrogens is 1. The number of rotatable bonds is 6. The van der Waals surface area contributed by atoms with Crippen molar-refractivity contribution in [2.75, 3.05) is 18.0 Å². The largest absolute Gasteiger partial charge is 0.486 e. The lowest BCUT2D eigenvalue weighted by molar-refractivity contribution is 0.227. The summed E-state index contributed by atoms with van der Waals surface area (Å²) in [4.78, 5) is 6.10. The molecule has 0 amide bonds. The summed E-state index contributed by atoms with van der Waals surface area (Å²) in [6, 6.07) is 9.52. The Morgan fingerprint density at radius 3 is 2.54 bits per heavy atom. The zero-order chi connectivity index (χ0) is 25.7. The molecule has 1 aliphatic rings. The molecule has 10 nitrogen and oxygen atoms in total. The van der Waals surface area contributed by atoms with Crippen LogP contribution in [-0.2, 0) is 12.6 Å². The third kappa shape index (κ3) is 4.26. The van der Waals surface area contributed by atoms with Crippen LogP contribution in [0.25, 0.3) is 22.3 Å². The van der Waals surface area contributed by atoms with Crippen molar-refractivity contribution in [1.29, 1.82) is 0 Å². The van der Waals surface area contributed by atoms with Gasteiger partial charge in [0.25, 0.3) is 0 Å². The Balaban J connectivity index is 1.21. The number of aryl methyl sites for hydroxylation is 1. The molecule has 12 heteroatoms. The molecule has 1 aliphatic heterocycles. The van der Waals surface area contributed by atoms with E-state index < -0.39 is 5.54 Å². The first-order chi connectivity index (χ1) is 17.8. The summed E-state index contributed by atoms with van der Waals surface area (Å²) in [5.41, 5.74) is 9.99. The number of halogens is 2. The SMILES string of the molecule is C[C@@H](Oc1ccc2[nH]nc(-c3ccc(N4CC(N)(c5cnn(C)c5)C4)nn3)c2c1)c1c(Cl)cncc1Cl. The van der Waals surface area contributed by atoms with E-state index in [-0.39, 0.29) is 6.10 Å². The van der Waals surface area contributed by atoms with Crippen molar-refractivity contribution in [3.63, 3.8) is 0 Å². The smallest absolute Gasteiger partial charge is 0.151 e. The number of nitrogens with two attached hydrogens (primary N) is 1. The highest BCUT2D eigenvalue weighted by atomic mass is 35.5. The number of aromatic nitrogens is 7. The number of aromatic amines is 1. The summed E-state index contributed by atoms with van der Waals surface area (Å²) in [5, 5.41) is 22.4. The van der Waals surface area contributed by atoms with Gasteiger partial charge in [-0.1, -0.05) is 23.2 Å². The van der Waals surface area contributed by atoms with E-state index in [0.29, 0.717) is 45.8 Å². The lowest BCUT2D eigenvalue weighted by Crippen LogP contribution is -2.65. The molecule has 37 heavy (non-hydrogen) atoms. The topological polar surface area (TPSA) is 124 Å². The Hall–Kier alpha value is -3.73. The van der Waals surface area contributed by atoms with E-state index in [2.05, 4.69) is 35.4 Å². The number of ether oxygens (including phenoxy) is 1. The highest BCUT2D eigenvalue weighted by Gasteiger charge is 2.42. The second-order valence-corrected chi connectivity index (χ2v) is 10.1. The number of nitrogens with zero attached hydrogens (tertiary/aromatic N) is 7.